The van der Waals surface area contributed by atoms with E-state index in [-0.39, 0.29) is 0 Å². The SMILES string of the molecule is B(OC/C=C/c1ccccc1)OC/C=C/c1ccccc1. The molecule has 0 aliphatic heterocycles. The maximum atomic E-state index is 5.36. The molecule has 106 valence electrons. The smallest absolute Gasteiger partial charge is 0.410 e. The normalized spacial score (nSPS) is 11.2. The molecule has 0 saturated heterocycles. The standard InChI is InChI=1S/C18H19BO2/c1-3-9-17(10-4-1)13-7-15-20-19-21-16-8-14-18-11-5-2-6-12-18/h1-14,19H,15-16H2/b13-7+,14-8+. The summed E-state index contributed by atoms with van der Waals surface area (Å²) in [5, 5.41) is 0. The zero-order valence-corrected chi connectivity index (χ0v) is 12.0. The van der Waals surface area contributed by atoms with Gasteiger partial charge in [0.15, 0.2) is 0 Å². The molecule has 0 unspecified atom stereocenters. The molecule has 0 bridgehead atoms. The van der Waals surface area contributed by atoms with Crippen LogP contribution in [0.1, 0.15) is 11.1 Å². The minimum atomic E-state index is 0.304. The lowest BCUT2D eigenvalue weighted by molar-refractivity contribution is 0.261. The molecule has 0 aliphatic carbocycles. The molecule has 2 aromatic carbocycles. The van der Waals surface area contributed by atoms with Crippen molar-refractivity contribution in [2.75, 3.05) is 13.2 Å². The number of benzene rings is 2. The fraction of sp³-hybridized carbons (Fsp3) is 0.111. The average Bonchev–Trinajstić information content (AvgIpc) is 2.55. The molecule has 0 saturated carbocycles. The van der Waals surface area contributed by atoms with Crippen LogP contribution in [0.3, 0.4) is 0 Å². The van der Waals surface area contributed by atoms with Crippen molar-refractivity contribution in [2.45, 2.75) is 0 Å². The topological polar surface area (TPSA) is 18.5 Å². The van der Waals surface area contributed by atoms with Crippen LogP contribution < -0.4 is 0 Å². The zero-order chi connectivity index (χ0) is 14.6. The number of hydrogen-bond donors (Lipinski definition) is 0. The predicted octanol–water partition coefficient (Wildman–Crippen LogP) is 3.71. The molecule has 0 aromatic heterocycles. The summed E-state index contributed by atoms with van der Waals surface area (Å²) in [4.78, 5) is 0. The molecule has 2 aromatic rings. The molecule has 0 fully saturated rings. The van der Waals surface area contributed by atoms with Crippen LogP contribution in [0.25, 0.3) is 12.2 Å². The molecule has 3 heteroatoms. The third-order valence-corrected chi connectivity index (χ3v) is 2.81. The second-order valence-corrected chi connectivity index (χ2v) is 4.49. The van der Waals surface area contributed by atoms with Gasteiger partial charge in [0.25, 0.3) is 0 Å². The lowest BCUT2D eigenvalue weighted by Gasteiger charge is -1.99. The highest BCUT2D eigenvalue weighted by molar-refractivity contribution is 6.18. The minimum Gasteiger partial charge on any atom is -0.410 e. The second-order valence-electron chi connectivity index (χ2n) is 4.49. The average molecular weight is 278 g/mol. The van der Waals surface area contributed by atoms with Gasteiger partial charge >= 0.3 is 7.69 Å². The van der Waals surface area contributed by atoms with E-state index in [4.69, 9.17) is 9.31 Å². The van der Waals surface area contributed by atoms with Crippen molar-refractivity contribution >= 4 is 19.8 Å². The van der Waals surface area contributed by atoms with E-state index in [1.807, 2.05) is 60.7 Å². The van der Waals surface area contributed by atoms with Gasteiger partial charge in [-0.25, -0.2) is 0 Å². The first-order valence-electron chi connectivity index (χ1n) is 7.04. The Morgan fingerprint density at radius 3 is 1.52 bits per heavy atom. The largest absolute Gasteiger partial charge is 0.438 e. The first-order valence-corrected chi connectivity index (χ1v) is 7.04. The molecule has 0 amide bonds. The summed E-state index contributed by atoms with van der Waals surface area (Å²) in [5.41, 5.74) is 2.35. The quantitative estimate of drug-likeness (QED) is 0.541. The molecule has 0 spiro atoms. The van der Waals surface area contributed by atoms with E-state index in [9.17, 15) is 0 Å². The van der Waals surface area contributed by atoms with Gasteiger partial charge in [-0.1, -0.05) is 85.0 Å². The Morgan fingerprint density at radius 2 is 1.10 bits per heavy atom. The van der Waals surface area contributed by atoms with Gasteiger partial charge in [0.05, 0.1) is 0 Å². The Hall–Kier alpha value is -2.10. The Balaban J connectivity index is 1.52. The van der Waals surface area contributed by atoms with Gasteiger partial charge in [-0.05, 0) is 11.1 Å². The van der Waals surface area contributed by atoms with Crippen LogP contribution in [0.2, 0.25) is 0 Å². The second kappa shape index (κ2) is 9.75. The maximum absolute atomic E-state index is 5.36. The van der Waals surface area contributed by atoms with Crippen LogP contribution in [0.4, 0.5) is 0 Å². The highest BCUT2D eigenvalue weighted by Crippen LogP contribution is 2.01. The van der Waals surface area contributed by atoms with E-state index in [2.05, 4.69) is 24.3 Å². The highest BCUT2D eigenvalue weighted by atomic mass is 16.6. The van der Waals surface area contributed by atoms with Gasteiger partial charge in [-0.2, -0.15) is 0 Å². The Kier molecular flexibility index (Phi) is 7.10. The highest BCUT2D eigenvalue weighted by Gasteiger charge is 1.89. The van der Waals surface area contributed by atoms with E-state index in [0.717, 1.165) is 0 Å². The lowest BCUT2D eigenvalue weighted by atomic mass is 10.2. The molecule has 21 heavy (non-hydrogen) atoms. The maximum Gasteiger partial charge on any atom is 0.438 e. The molecule has 2 nitrogen and oxygen atoms in total. The van der Waals surface area contributed by atoms with Crippen LogP contribution in [0.5, 0.6) is 0 Å². The summed E-state index contributed by atoms with van der Waals surface area (Å²) in [5.74, 6) is 0. The monoisotopic (exact) mass is 278 g/mol. The van der Waals surface area contributed by atoms with Crippen LogP contribution in [-0.4, -0.2) is 20.9 Å². The first-order chi connectivity index (χ1) is 10.4. The Bertz CT molecular complexity index is 498. The molecule has 0 aliphatic rings. The number of rotatable bonds is 8. The van der Waals surface area contributed by atoms with Crippen molar-refractivity contribution in [3.8, 4) is 0 Å². The third-order valence-electron chi connectivity index (χ3n) is 2.81. The van der Waals surface area contributed by atoms with Crippen molar-refractivity contribution in [3.05, 3.63) is 83.9 Å². The first kappa shape index (κ1) is 15.3. The van der Waals surface area contributed by atoms with Crippen LogP contribution in [-0.2, 0) is 9.31 Å². The van der Waals surface area contributed by atoms with Gasteiger partial charge < -0.3 is 9.31 Å². The summed E-state index contributed by atoms with van der Waals surface area (Å²) >= 11 is 0. The van der Waals surface area contributed by atoms with Gasteiger partial charge in [0.2, 0.25) is 0 Å². The molecule has 0 heterocycles. The van der Waals surface area contributed by atoms with Crippen molar-refractivity contribution in [1.82, 2.24) is 0 Å². The van der Waals surface area contributed by atoms with E-state index in [1.165, 1.54) is 11.1 Å². The van der Waals surface area contributed by atoms with Gasteiger partial charge in [0.1, 0.15) is 0 Å². The molecule has 0 atom stereocenters. The summed E-state index contributed by atoms with van der Waals surface area (Å²) < 4.78 is 10.7. The summed E-state index contributed by atoms with van der Waals surface area (Å²) in [6, 6.07) is 20.3. The summed E-state index contributed by atoms with van der Waals surface area (Å²) in [6.45, 7) is 1.11. The van der Waals surface area contributed by atoms with Crippen molar-refractivity contribution in [3.63, 3.8) is 0 Å². The van der Waals surface area contributed by atoms with E-state index < -0.39 is 0 Å². The minimum absolute atomic E-state index is 0.304. The molecule has 0 radical (unpaired) electrons. The Morgan fingerprint density at radius 1 is 0.667 bits per heavy atom. The van der Waals surface area contributed by atoms with Gasteiger partial charge in [-0.3, -0.25) is 0 Å². The van der Waals surface area contributed by atoms with Crippen LogP contribution in [0.15, 0.2) is 72.8 Å². The van der Waals surface area contributed by atoms with Gasteiger partial charge in [0, 0.05) is 13.2 Å². The van der Waals surface area contributed by atoms with E-state index in [1.54, 1.807) is 0 Å². The Labute approximate surface area is 127 Å². The van der Waals surface area contributed by atoms with E-state index in [0.29, 0.717) is 20.9 Å². The zero-order valence-electron chi connectivity index (χ0n) is 12.0. The summed E-state index contributed by atoms with van der Waals surface area (Å²) in [6.07, 6.45) is 8.04. The fourth-order valence-corrected chi connectivity index (χ4v) is 1.79. The van der Waals surface area contributed by atoms with Crippen LogP contribution >= 0.6 is 0 Å². The number of hydrogen-bond acceptors (Lipinski definition) is 2. The predicted molar refractivity (Wildman–Crippen MR) is 90.0 cm³/mol. The molecule has 0 N–H and O–H groups in total. The molecular weight excluding hydrogens is 259 g/mol. The van der Waals surface area contributed by atoms with Crippen LogP contribution in [0, 0.1) is 0 Å². The van der Waals surface area contributed by atoms with Crippen molar-refractivity contribution < 1.29 is 9.31 Å². The van der Waals surface area contributed by atoms with E-state index >= 15 is 0 Å². The van der Waals surface area contributed by atoms with Gasteiger partial charge in [-0.15, -0.1) is 0 Å². The molecule has 2 rings (SSSR count). The van der Waals surface area contributed by atoms with Crippen molar-refractivity contribution in [1.29, 1.82) is 0 Å². The lowest BCUT2D eigenvalue weighted by Crippen LogP contribution is -2.04. The van der Waals surface area contributed by atoms with Crippen molar-refractivity contribution in [2.24, 2.45) is 0 Å². The summed E-state index contributed by atoms with van der Waals surface area (Å²) in [7, 11) is 0.304. The third kappa shape index (κ3) is 6.75. The molecular formula is C18H19BO2. The fourth-order valence-electron chi connectivity index (χ4n) is 1.79.